The monoisotopic (exact) mass is 204 g/mol. The molecule has 0 aromatic carbocycles. The number of hydrogen-bond donors (Lipinski definition) is 2. The molecule has 0 amide bonds. The van der Waals surface area contributed by atoms with Crippen molar-refractivity contribution in [3.05, 3.63) is 10.1 Å². The first kappa shape index (κ1) is 13.2. The Kier molecular flexibility index (Phi) is 8.34. The quantitative estimate of drug-likeness (QED) is 0.305. The molecule has 14 heavy (non-hydrogen) atoms. The smallest absolute Gasteiger partial charge is 0.0579 e. The van der Waals surface area contributed by atoms with Crippen molar-refractivity contribution in [1.29, 1.82) is 0 Å². The molecule has 0 radical (unpaired) electrons. The Morgan fingerprint density at radius 3 is 2.14 bits per heavy atom. The molecule has 0 heterocycles. The van der Waals surface area contributed by atoms with Gasteiger partial charge in [0.15, 0.2) is 0 Å². The molecule has 0 atom stereocenters. The van der Waals surface area contributed by atoms with Crippen LogP contribution in [0.25, 0.3) is 0 Å². The van der Waals surface area contributed by atoms with Gasteiger partial charge in [0.05, 0.1) is 5.29 Å². The Morgan fingerprint density at radius 2 is 1.64 bits per heavy atom. The van der Waals surface area contributed by atoms with Gasteiger partial charge < -0.3 is 16.7 Å². The van der Waals surface area contributed by atoms with E-state index in [9.17, 15) is 10.1 Å². The molecule has 4 N–H and O–H groups in total. The van der Waals surface area contributed by atoms with Crippen LogP contribution in [0.4, 0.5) is 0 Å². The van der Waals surface area contributed by atoms with Crippen LogP contribution in [0.2, 0.25) is 0 Å². The average molecular weight is 204 g/mol. The van der Waals surface area contributed by atoms with Crippen LogP contribution in [0.15, 0.2) is 5.29 Å². The van der Waals surface area contributed by atoms with E-state index in [0.29, 0.717) is 32.6 Å². The largest absolute Gasteiger partial charge is 0.724 e. The lowest BCUT2D eigenvalue weighted by Gasteiger charge is -2.33. The van der Waals surface area contributed by atoms with Gasteiger partial charge in [0.25, 0.3) is 0 Å². The van der Waals surface area contributed by atoms with E-state index in [2.05, 4.69) is 5.29 Å². The SMILES string of the molecule is NCCCCN(CCCN)N([O-])N=O. The highest BCUT2D eigenvalue weighted by Gasteiger charge is 2.05. The van der Waals surface area contributed by atoms with E-state index in [4.69, 9.17) is 11.5 Å². The lowest BCUT2D eigenvalue weighted by atomic mass is 10.3. The topological polar surface area (TPSA) is 111 Å². The van der Waals surface area contributed by atoms with Crippen LogP contribution < -0.4 is 11.5 Å². The Morgan fingerprint density at radius 1 is 1.07 bits per heavy atom. The third kappa shape index (κ3) is 5.81. The van der Waals surface area contributed by atoms with Crippen LogP contribution >= 0.6 is 0 Å². The molecule has 0 aliphatic rings. The molecule has 7 heteroatoms. The van der Waals surface area contributed by atoms with E-state index < -0.39 is 0 Å². The Hall–Kier alpha value is -0.760. The van der Waals surface area contributed by atoms with Crippen molar-refractivity contribution >= 4 is 0 Å². The van der Waals surface area contributed by atoms with Gasteiger partial charge in [-0.2, -0.15) is 0 Å². The van der Waals surface area contributed by atoms with Gasteiger partial charge in [0.1, 0.15) is 0 Å². The molecule has 84 valence electrons. The highest BCUT2D eigenvalue weighted by atomic mass is 16.6. The summed E-state index contributed by atoms with van der Waals surface area (Å²) in [6.45, 7) is 2.01. The highest BCUT2D eigenvalue weighted by molar-refractivity contribution is 4.56. The van der Waals surface area contributed by atoms with E-state index >= 15 is 0 Å². The number of nitrogens with two attached hydrogens (primary N) is 2. The first-order valence-corrected chi connectivity index (χ1v) is 4.71. The van der Waals surface area contributed by atoms with E-state index in [-0.39, 0.29) is 5.28 Å². The Balaban J connectivity index is 3.77. The third-order valence-corrected chi connectivity index (χ3v) is 1.80. The van der Waals surface area contributed by atoms with Crippen molar-refractivity contribution in [2.45, 2.75) is 19.3 Å². The van der Waals surface area contributed by atoms with E-state index in [1.165, 1.54) is 5.01 Å². The molecule has 0 saturated carbocycles. The van der Waals surface area contributed by atoms with E-state index in [1.54, 1.807) is 0 Å². The third-order valence-electron chi connectivity index (χ3n) is 1.80. The van der Waals surface area contributed by atoms with Gasteiger partial charge in [-0.1, -0.05) is 0 Å². The molecule has 7 nitrogen and oxygen atoms in total. The summed E-state index contributed by atoms with van der Waals surface area (Å²) in [5.41, 5.74) is 10.6. The number of rotatable bonds is 9. The molecular formula is C7H18N5O2-. The fourth-order valence-electron chi connectivity index (χ4n) is 1.05. The van der Waals surface area contributed by atoms with Crippen molar-refractivity contribution in [3.8, 4) is 0 Å². The predicted octanol–water partition coefficient (Wildman–Crippen LogP) is -0.228. The van der Waals surface area contributed by atoms with E-state index in [1.807, 2.05) is 0 Å². The molecule has 0 aromatic rings. The van der Waals surface area contributed by atoms with Gasteiger partial charge >= 0.3 is 0 Å². The van der Waals surface area contributed by atoms with Gasteiger partial charge in [-0.05, 0) is 32.4 Å². The first-order valence-electron chi connectivity index (χ1n) is 4.71. The summed E-state index contributed by atoms with van der Waals surface area (Å²) in [4.78, 5) is 10.0. The van der Waals surface area contributed by atoms with Crippen molar-refractivity contribution in [3.63, 3.8) is 0 Å². The molecule has 0 aliphatic carbocycles. The maximum atomic E-state index is 10.9. The fraction of sp³-hybridized carbons (Fsp3) is 1.00. The minimum atomic E-state index is 0.0756. The first-order chi connectivity index (χ1) is 6.76. The summed E-state index contributed by atoms with van der Waals surface area (Å²) in [7, 11) is 0. The van der Waals surface area contributed by atoms with Crippen LogP contribution in [0.1, 0.15) is 19.3 Å². The lowest BCUT2D eigenvalue weighted by molar-refractivity contribution is 0.0200. The zero-order valence-electron chi connectivity index (χ0n) is 8.26. The fourth-order valence-corrected chi connectivity index (χ4v) is 1.05. The van der Waals surface area contributed by atoms with Crippen molar-refractivity contribution < 1.29 is 0 Å². The van der Waals surface area contributed by atoms with Gasteiger partial charge in [-0.15, -0.1) is 4.91 Å². The molecular weight excluding hydrogens is 186 g/mol. The number of hydrogen-bond acceptors (Lipinski definition) is 6. The average Bonchev–Trinajstić information content (AvgIpc) is 2.22. The van der Waals surface area contributed by atoms with Gasteiger partial charge in [-0.25, -0.2) is 5.01 Å². The van der Waals surface area contributed by atoms with Crippen LogP contribution in [-0.4, -0.2) is 36.5 Å². The summed E-state index contributed by atoms with van der Waals surface area (Å²) in [6.07, 6.45) is 2.26. The molecule has 0 aliphatic heterocycles. The maximum Gasteiger partial charge on any atom is 0.0579 e. The number of unbranched alkanes of at least 4 members (excludes halogenated alkanes) is 1. The van der Waals surface area contributed by atoms with Gasteiger partial charge in [0, 0.05) is 13.1 Å². The summed E-state index contributed by atoms with van der Waals surface area (Å²) in [5.74, 6) is 0. The molecule has 0 bridgehead atoms. The molecule has 0 unspecified atom stereocenters. The van der Waals surface area contributed by atoms with Crippen LogP contribution in [0.5, 0.6) is 0 Å². The number of nitrogens with zero attached hydrogens (tertiary/aromatic N) is 3. The number of hydrazine groups is 1. The second-order valence-corrected chi connectivity index (χ2v) is 2.93. The second kappa shape index (κ2) is 8.82. The number of nitroso groups, excluding NO2 is 1. The summed E-state index contributed by atoms with van der Waals surface area (Å²) >= 11 is 0. The van der Waals surface area contributed by atoms with E-state index in [0.717, 1.165) is 12.8 Å². The molecule has 0 aromatic heterocycles. The Bertz CT molecular complexity index is 146. The van der Waals surface area contributed by atoms with Crippen LogP contribution in [-0.2, 0) is 0 Å². The van der Waals surface area contributed by atoms with Crippen molar-refractivity contribution in [1.82, 2.24) is 10.3 Å². The van der Waals surface area contributed by atoms with Crippen molar-refractivity contribution in [2.75, 3.05) is 26.2 Å². The maximum absolute atomic E-state index is 10.9. The summed E-state index contributed by atoms with van der Waals surface area (Å²) < 4.78 is 0. The summed E-state index contributed by atoms with van der Waals surface area (Å²) in [5, 5.41) is 14.6. The Labute approximate surface area is 83.5 Å². The lowest BCUT2D eigenvalue weighted by Crippen LogP contribution is -2.37. The van der Waals surface area contributed by atoms with Gasteiger partial charge in [-0.3, -0.25) is 5.28 Å². The second-order valence-electron chi connectivity index (χ2n) is 2.93. The minimum Gasteiger partial charge on any atom is -0.724 e. The highest BCUT2D eigenvalue weighted by Crippen LogP contribution is 2.01. The minimum absolute atomic E-state index is 0.0756. The molecule has 0 spiro atoms. The molecule has 0 fully saturated rings. The molecule has 0 saturated heterocycles. The zero-order chi connectivity index (χ0) is 10.8. The standard InChI is InChI=1S/C7H18N5O2/c8-4-1-2-6-11(7-3-5-9)12(14)10-13/h1-9H2/q-1. The summed E-state index contributed by atoms with van der Waals surface area (Å²) in [6, 6.07) is 0. The van der Waals surface area contributed by atoms with Crippen molar-refractivity contribution in [2.24, 2.45) is 16.8 Å². The van der Waals surface area contributed by atoms with Crippen LogP contribution in [0.3, 0.4) is 0 Å². The zero-order valence-corrected chi connectivity index (χ0v) is 8.26. The van der Waals surface area contributed by atoms with Crippen LogP contribution in [0, 0.1) is 10.1 Å². The normalized spacial score (nSPS) is 10.6. The molecule has 0 rings (SSSR count). The predicted molar refractivity (Wildman–Crippen MR) is 54.5 cm³/mol. The van der Waals surface area contributed by atoms with Gasteiger partial charge in [0.2, 0.25) is 0 Å².